The molecule has 0 aliphatic carbocycles. The minimum absolute atomic E-state index is 0.173. The number of nitrogens with zero attached hydrogens (tertiary/aromatic N) is 3. The lowest BCUT2D eigenvalue weighted by molar-refractivity contribution is -0.149. The highest BCUT2D eigenvalue weighted by Gasteiger charge is 2.43. The number of allylic oxidation sites excluding steroid dienone is 1. The van der Waals surface area contributed by atoms with Gasteiger partial charge in [-0.1, -0.05) is 42.8 Å². The highest BCUT2D eigenvalue weighted by molar-refractivity contribution is 5.95. The molecule has 2 aromatic carbocycles. The Labute approximate surface area is 240 Å². The fourth-order valence-corrected chi connectivity index (χ4v) is 6.11. The monoisotopic (exact) mass is 567 g/mol. The molecule has 7 nitrogen and oxygen atoms in total. The fourth-order valence-electron chi connectivity index (χ4n) is 6.11. The average Bonchev–Trinajstić information content (AvgIpc) is 2.99. The van der Waals surface area contributed by atoms with Gasteiger partial charge >= 0.3 is 11.9 Å². The van der Waals surface area contributed by atoms with Crippen LogP contribution in [-0.4, -0.2) is 68.0 Å². The van der Waals surface area contributed by atoms with Gasteiger partial charge in [-0.05, 0) is 82.4 Å². The zero-order valence-electron chi connectivity index (χ0n) is 24.3. The van der Waals surface area contributed by atoms with E-state index < -0.39 is 29.1 Å². The van der Waals surface area contributed by atoms with Gasteiger partial charge < -0.3 is 19.3 Å². The van der Waals surface area contributed by atoms with Crippen molar-refractivity contribution < 1.29 is 27.8 Å². The summed E-state index contributed by atoms with van der Waals surface area (Å²) in [7, 11) is 2.76. The third-order valence-corrected chi connectivity index (χ3v) is 8.37. The van der Waals surface area contributed by atoms with Crippen LogP contribution in [0.5, 0.6) is 0 Å². The molecule has 0 spiro atoms. The molecule has 2 aliphatic rings. The lowest BCUT2D eigenvalue weighted by Crippen LogP contribution is -2.48. The van der Waals surface area contributed by atoms with E-state index in [2.05, 4.69) is 9.89 Å². The van der Waals surface area contributed by atoms with Crippen molar-refractivity contribution in [3.63, 3.8) is 0 Å². The Kier molecular flexibility index (Phi) is 9.91. The Bertz CT molecular complexity index is 1300. The van der Waals surface area contributed by atoms with Gasteiger partial charge in [0.05, 0.1) is 36.9 Å². The first kappa shape index (κ1) is 30.4. The molecule has 0 bridgehead atoms. The second kappa shape index (κ2) is 13.4. The predicted molar refractivity (Wildman–Crippen MR) is 153 cm³/mol. The number of unbranched alkanes of at least 4 members (excludes halogenated alkanes) is 2. The van der Waals surface area contributed by atoms with Crippen molar-refractivity contribution in [3.05, 3.63) is 82.6 Å². The number of methoxy groups -OCH3 is 2. The van der Waals surface area contributed by atoms with Crippen molar-refractivity contribution in [2.24, 2.45) is 4.99 Å². The predicted octanol–water partition coefficient (Wildman–Crippen LogP) is 5.56. The Morgan fingerprint density at radius 1 is 0.927 bits per heavy atom. The zero-order chi connectivity index (χ0) is 29.6. The minimum atomic E-state index is -0.963. The normalized spacial score (nSPS) is 19.1. The first-order valence-electron chi connectivity index (χ1n) is 14.1. The van der Waals surface area contributed by atoms with Gasteiger partial charge in [0, 0.05) is 6.54 Å². The van der Waals surface area contributed by atoms with Gasteiger partial charge in [-0.3, -0.25) is 4.79 Å². The standard InChI is InChI=1S/C32H39F2N3O4/c1-22-28(30(38)40-3)29(24-13-14-26(33)27(34)21-24)37(23(2)35-22)18-10-6-9-17-36-19-15-32(16-20-36,31(39)41-4)25-11-7-5-8-12-25/h5,7-8,11-14,21,29H,6,9-10,15-20H2,1-4H3/t29-/m0/s1. The summed E-state index contributed by atoms with van der Waals surface area (Å²) in [5, 5.41) is 0. The Hall–Kier alpha value is -3.59. The SMILES string of the molecule is COC(=O)C1=C(C)N=C(C)N(CCCCCN2CCC(C(=O)OC)(c3ccccc3)CC2)[C@H]1c1ccc(F)c(F)c1. The largest absolute Gasteiger partial charge is 0.468 e. The number of aliphatic imine (C=N–C) groups is 1. The van der Waals surface area contributed by atoms with Gasteiger partial charge in [0.15, 0.2) is 11.6 Å². The summed E-state index contributed by atoms with van der Waals surface area (Å²) in [4.78, 5) is 34.5. The maximum absolute atomic E-state index is 14.2. The number of benzene rings is 2. The first-order valence-corrected chi connectivity index (χ1v) is 14.1. The summed E-state index contributed by atoms with van der Waals surface area (Å²) in [5.41, 5.74) is 1.71. The number of esters is 2. The van der Waals surface area contributed by atoms with E-state index in [9.17, 15) is 18.4 Å². The maximum atomic E-state index is 14.2. The van der Waals surface area contributed by atoms with Crippen LogP contribution in [0.4, 0.5) is 8.78 Å². The maximum Gasteiger partial charge on any atom is 0.338 e. The van der Waals surface area contributed by atoms with Crippen LogP contribution in [0.1, 0.15) is 63.1 Å². The number of hydrogen-bond donors (Lipinski definition) is 0. The molecule has 9 heteroatoms. The van der Waals surface area contributed by atoms with Crippen molar-refractivity contribution in [1.82, 2.24) is 9.80 Å². The molecule has 1 fully saturated rings. The van der Waals surface area contributed by atoms with E-state index in [4.69, 9.17) is 9.47 Å². The van der Waals surface area contributed by atoms with Crippen molar-refractivity contribution >= 4 is 17.8 Å². The van der Waals surface area contributed by atoms with E-state index in [1.54, 1.807) is 6.92 Å². The van der Waals surface area contributed by atoms with Gasteiger partial charge in [0.25, 0.3) is 0 Å². The Morgan fingerprint density at radius 2 is 1.61 bits per heavy atom. The van der Waals surface area contributed by atoms with Gasteiger partial charge in [-0.15, -0.1) is 0 Å². The number of ether oxygens (including phenoxy) is 2. The number of halogens is 2. The lowest BCUT2D eigenvalue weighted by Gasteiger charge is -2.40. The molecular formula is C32H39F2N3O4. The number of hydrogen-bond acceptors (Lipinski definition) is 7. The molecule has 0 aromatic heterocycles. The second-order valence-corrected chi connectivity index (χ2v) is 10.8. The second-order valence-electron chi connectivity index (χ2n) is 10.8. The third kappa shape index (κ3) is 6.50. The van der Waals surface area contributed by atoms with Crippen LogP contribution in [0.25, 0.3) is 0 Å². The highest BCUT2D eigenvalue weighted by atomic mass is 19.2. The number of likely N-dealkylation sites (tertiary alicyclic amines) is 1. The Balaban J connectivity index is 1.36. The highest BCUT2D eigenvalue weighted by Crippen LogP contribution is 2.38. The van der Waals surface area contributed by atoms with Gasteiger partial charge in [-0.2, -0.15) is 0 Å². The van der Waals surface area contributed by atoms with Gasteiger partial charge in [-0.25, -0.2) is 18.6 Å². The third-order valence-electron chi connectivity index (χ3n) is 8.37. The van der Waals surface area contributed by atoms with E-state index >= 15 is 0 Å². The molecule has 1 atom stereocenters. The van der Waals surface area contributed by atoms with Crippen LogP contribution < -0.4 is 0 Å². The van der Waals surface area contributed by atoms with E-state index in [0.717, 1.165) is 56.6 Å². The summed E-state index contributed by atoms with van der Waals surface area (Å²) in [6.07, 6.45) is 4.15. The summed E-state index contributed by atoms with van der Waals surface area (Å²) < 4.78 is 38.2. The number of carbonyl (C=O) groups excluding carboxylic acids is 2. The molecule has 0 amide bonds. The molecule has 0 radical (unpaired) electrons. The molecule has 0 unspecified atom stereocenters. The Morgan fingerprint density at radius 3 is 2.24 bits per heavy atom. The summed E-state index contributed by atoms with van der Waals surface area (Å²) in [6, 6.07) is 13.0. The fraction of sp³-hybridized carbons (Fsp3) is 0.469. The van der Waals surface area contributed by atoms with Crippen LogP contribution in [0.3, 0.4) is 0 Å². The molecular weight excluding hydrogens is 528 g/mol. The quantitative estimate of drug-likeness (QED) is 0.276. The number of rotatable bonds is 10. The number of amidine groups is 1. The van der Waals surface area contributed by atoms with E-state index in [0.29, 0.717) is 42.1 Å². The molecule has 2 aliphatic heterocycles. The van der Waals surface area contributed by atoms with Gasteiger partial charge in [0.1, 0.15) is 5.84 Å². The lowest BCUT2D eigenvalue weighted by atomic mass is 9.72. The van der Waals surface area contributed by atoms with Crippen LogP contribution in [0.2, 0.25) is 0 Å². The topological polar surface area (TPSA) is 71.4 Å². The molecule has 2 aromatic rings. The van der Waals surface area contributed by atoms with Crippen LogP contribution in [-0.2, 0) is 24.5 Å². The van der Waals surface area contributed by atoms with Crippen molar-refractivity contribution in [2.45, 2.75) is 57.4 Å². The summed E-state index contributed by atoms with van der Waals surface area (Å²) in [5.74, 6) is -1.90. The molecule has 0 N–H and O–H groups in total. The smallest absolute Gasteiger partial charge is 0.338 e. The molecule has 4 rings (SSSR count). The molecule has 2 heterocycles. The minimum Gasteiger partial charge on any atom is -0.468 e. The van der Waals surface area contributed by atoms with E-state index in [1.807, 2.05) is 42.2 Å². The van der Waals surface area contributed by atoms with Crippen LogP contribution in [0, 0.1) is 11.6 Å². The summed E-state index contributed by atoms with van der Waals surface area (Å²) >= 11 is 0. The molecule has 1 saturated heterocycles. The van der Waals surface area contributed by atoms with Gasteiger partial charge in [0.2, 0.25) is 0 Å². The zero-order valence-corrected chi connectivity index (χ0v) is 24.3. The van der Waals surface area contributed by atoms with E-state index in [-0.39, 0.29) is 5.97 Å². The average molecular weight is 568 g/mol. The molecule has 0 saturated carbocycles. The van der Waals surface area contributed by atoms with Crippen molar-refractivity contribution in [2.75, 3.05) is 40.4 Å². The van der Waals surface area contributed by atoms with Crippen molar-refractivity contribution in [3.8, 4) is 0 Å². The van der Waals surface area contributed by atoms with Crippen LogP contribution in [0.15, 0.2) is 64.8 Å². The van der Waals surface area contributed by atoms with Crippen molar-refractivity contribution in [1.29, 1.82) is 0 Å². The van der Waals surface area contributed by atoms with E-state index in [1.165, 1.54) is 20.3 Å². The molecule has 41 heavy (non-hydrogen) atoms. The number of carbonyl (C=O) groups is 2. The number of piperidine rings is 1. The first-order chi connectivity index (χ1) is 19.7. The summed E-state index contributed by atoms with van der Waals surface area (Å²) in [6.45, 7) is 6.72. The van der Waals surface area contributed by atoms with Crippen LogP contribution >= 0.6 is 0 Å². The molecule has 220 valence electrons.